The average Bonchev–Trinajstić information content (AvgIpc) is 2.94. The molecule has 1 aliphatic rings. The maximum atomic E-state index is 4.29. The lowest BCUT2D eigenvalue weighted by Gasteiger charge is -2.26. The summed E-state index contributed by atoms with van der Waals surface area (Å²) in [4.78, 5) is 5.63. The van der Waals surface area contributed by atoms with Gasteiger partial charge in [-0.2, -0.15) is 0 Å². The van der Waals surface area contributed by atoms with Crippen molar-refractivity contribution >= 4 is 17.3 Å². The zero-order valence-corrected chi connectivity index (χ0v) is 12.8. The lowest BCUT2D eigenvalue weighted by molar-refractivity contribution is 0.289. The molecule has 106 valence electrons. The Balaban J connectivity index is 1.68. The van der Waals surface area contributed by atoms with Crippen molar-refractivity contribution in [2.75, 3.05) is 13.6 Å². The molecule has 0 amide bonds. The number of hydrogen-bond donors (Lipinski definition) is 2. The monoisotopic (exact) mass is 279 g/mol. The Morgan fingerprint density at radius 3 is 2.74 bits per heavy atom. The van der Waals surface area contributed by atoms with Crippen LogP contribution in [-0.4, -0.2) is 19.6 Å². The molecule has 1 heterocycles. The smallest absolute Gasteiger partial charge is 0.191 e. The molecule has 3 nitrogen and oxygen atoms in total. The number of rotatable bonds is 4. The Labute approximate surface area is 120 Å². The van der Waals surface area contributed by atoms with Gasteiger partial charge >= 0.3 is 0 Å². The summed E-state index contributed by atoms with van der Waals surface area (Å²) in [6, 6.07) is 4.23. The van der Waals surface area contributed by atoms with Crippen LogP contribution in [-0.2, 0) is 6.54 Å². The largest absolute Gasteiger partial charge is 0.356 e. The molecule has 0 bridgehead atoms. The predicted octanol–water partition coefficient (Wildman–Crippen LogP) is 3.24. The highest BCUT2D eigenvalue weighted by molar-refractivity contribution is 7.09. The van der Waals surface area contributed by atoms with Crippen LogP contribution >= 0.6 is 11.3 Å². The molecule has 4 heteroatoms. The van der Waals surface area contributed by atoms with Gasteiger partial charge in [-0.25, -0.2) is 0 Å². The highest BCUT2D eigenvalue weighted by Crippen LogP contribution is 2.27. The SMILES string of the molecule is CN=C(NCc1cccs1)NCC1CCC(C)CC1. The molecule has 0 atom stereocenters. The molecule has 1 aromatic rings. The van der Waals surface area contributed by atoms with Crippen LogP contribution in [0, 0.1) is 11.8 Å². The summed E-state index contributed by atoms with van der Waals surface area (Å²) >= 11 is 1.78. The zero-order valence-electron chi connectivity index (χ0n) is 12.0. The van der Waals surface area contributed by atoms with E-state index in [4.69, 9.17) is 0 Å². The van der Waals surface area contributed by atoms with Crippen molar-refractivity contribution in [2.24, 2.45) is 16.8 Å². The number of nitrogens with one attached hydrogen (secondary N) is 2. The molecule has 1 saturated carbocycles. The van der Waals surface area contributed by atoms with Gasteiger partial charge in [0.15, 0.2) is 5.96 Å². The summed E-state index contributed by atoms with van der Waals surface area (Å²) < 4.78 is 0. The van der Waals surface area contributed by atoms with E-state index >= 15 is 0 Å². The molecular formula is C15H25N3S. The maximum Gasteiger partial charge on any atom is 0.191 e. The van der Waals surface area contributed by atoms with Gasteiger partial charge in [0.05, 0.1) is 6.54 Å². The quantitative estimate of drug-likeness (QED) is 0.656. The Hall–Kier alpha value is -1.03. The first-order chi connectivity index (χ1) is 9.28. The van der Waals surface area contributed by atoms with E-state index in [0.29, 0.717) is 0 Å². The third kappa shape index (κ3) is 4.86. The van der Waals surface area contributed by atoms with Gasteiger partial charge in [0.2, 0.25) is 0 Å². The Kier molecular flexibility index (Phi) is 5.70. The second-order valence-corrected chi connectivity index (χ2v) is 6.54. The topological polar surface area (TPSA) is 36.4 Å². The Morgan fingerprint density at radius 1 is 1.32 bits per heavy atom. The maximum absolute atomic E-state index is 4.29. The standard InChI is InChI=1S/C15H25N3S/c1-12-5-7-13(8-6-12)10-17-15(16-2)18-11-14-4-3-9-19-14/h3-4,9,12-13H,5-8,10-11H2,1-2H3,(H2,16,17,18). The van der Waals surface area contributed by atoms with Gasteiger partial charge in [0, 0.05) is 18.5 Å². The van der Waals surface area contributed by atoms with Crippen molar-refractivity contribution in [2.45, 2.75) is 39.2 Å². The molecule has 0 unspecified atom stereocenters. The van der Waals surface area contributed by atoms with Crippen LogP contribution in [0.2, 0.25) is 0 Å². The summed E-state index contributed by atoms with van der Waals surface area (Å²) in [6.07, 6.45) is 5.48. The van der Waals surface area contributed by atoms with Crippen LogP contribution in [0.4, 0.5) is 0 Å². The van der Waals surface area contributed by atoms with Crippen molar-refractivity contribution in [3.63, 3.8) is 0 Å². The van der Waals surface area contributed by atoms with Crippen LogP contribution < -0.4 is 10.6 Å². The molecule has 2 N–H and O–H groups in total. The molecule has 0 radical (unpaired) electrons. The molecule has 19 heavy (non-hydrogen) atoms. The van der Waals surface area contributed by atoms with Gasteiger partial charge in [-0.1, -0.05) is 25.8 Å². The van der Waals surface area contributed by atoms with Crippen molar-refractivity contribution < 1.29 is 0 Å². The molecule has 0 spiro atoms. The molecular weight excluding hydrogens is 254 g/mol. The van der Waals surface area contributed by atoms with E-state index in [2.05, 4.69) is 40.1 Å². The van der Waals surface area contributed by atoms with Crippen LogP contribution in [0.3, 0.4) is 0 Å². The van der Waals surface area contributed by atoms with Crippen LogP contribution in [0.25, 0.3) is 0 Å². The van der Waals surface area contributed by atoms with Crippen molar-refractivity contribution in [1.82, 2.24) is 10.6 Å². The minimum Gasteiger partial charge on any atom is -0.356 e. The third-order valence-electron chi connectivity index (χ3n) is 3.93. The molecule has 0 aliphatic heterocycles. The first-order valence-electron chi connectivity index (χ1n) is 7.25. The fourth-order valence-corrected chi connectivity index (χ4v) is 3.22. The van der Waals surface area contributed by atoms with Crippen LogP contribution in [0.1, 0.15) is 37.5 Å². The van der Waals surface area contributed by atoms with Gasteiger partial charge < -0.3 is 10.6 Å². The van der Waals surface area contributed by atoms with E-state index in [0.717, 1.165) is 30.9 Å². The van der Waals surface area contributed by atoms with Crippen molar-refractivity contribution in [1.29, 1.82) is 0 Å². The van der Waals surface area contributed by atoms with Gasteiger partial charge in [0.1, 0.15) is 0 Å². The lowest BCUT2D eigenvalue weighted by atomic mass is 9.83. The van der Waals surface area contributed by atoms with Crippen molar-refractivity contribution in [3.05, 3.63) is 22.4 Å². The van der Waals surface area contributed by atoms with E-state index in [1.54, 1.807) is 11.3 Å². The molecule has 1 fully saturated rings. The first-order valence-corrected chi connectivity index (χ1v) is 8.12. The third-order valence-corrected chi connectivity index (χ3v) is 4.80. The van der Waals surface area contributed by atoms with E-state index in [-0.39, 0.29) is 0 Å². The summed E-state index contributed by atoms with van der Waals surface area (Å²) in [5.74, 6) is 2.66. The Bertz CT molecular complexity index is 378. The molecule has 1 aromatic heterocycles. The van der Waals surface area contributed by atoms with E-state index < -0.39 is 0 Å². The van der Waals surface area contributed by atoms with Gasteiger partial charge in [0.25, 0.3) is 0 Å². The Morgan fingerprint density at radius 2 is 2.11 bits per heavy atom. The highest BCUT2D eigenvalue weighted by Gasteiger charge is 2.18. The molecule has 0 saturated heterocycles. The minimum atomic E-state index is 0.816. The first kappa shape index (κ1) is 14.4. The fourth-order valence-electron chi connectivity index (χ4n) is 2.58. The van der Waals surface area contributed by atoms with Crippen LogP contribution in [0.15, 0.2) is 22.5 Å². The van der Waals surface area contributed by atoms with Gasteiger partial charge in [-0.05, 0) is 36.1 Å². The average molecular weight is 279 g/mol. The molecule has 2 rings (SSSR count). The van der Waals surface area contributed by atoms with E-state index in [1.165, 1.54) is 30.6 Å². The number of nitrogens with zero attached hydrogens (tertiary/aromatic N) is 1. The number of thiophene rings is 1. The molecule has 1 aliphatic carbocycles. The number of guanidine groups is 1. The summed E-state index contributed by atoms with van der Waals surface area (Å²) in [6.45, 7) is 4.28. The van der Waals surface area contributed by atoms with E-state index in [1.807, 2.05) is 7.05 Å². The summed E-state index contributed by atoms with van der Waals surface area (Å²) in [5, 5.41) is 8.94. The predicted molar refractivity (Wildman–Crippen MR) is 83.6 cm³/mol. The van der Waals surface area contributed by atoms with Gasteiger partial charge in [-0.15, -0.1) is 11.3 Å². The fraction of sp³-hybridized carbons (Fsp3) is 0.667. The van der Waals surface area contributed by atoms with Crippen molar-refractivity contribution in [3.8, 4) is 0 Å². The van der Waals surface area contributed by atoms with Gasteiger partial charge in [-0.3, -0.25) is 4.99 Å². The van der Waals surface area contributed by atoms with E-state index in [9.17, 15) is 0 Å². The number of hydrogen-bond acceptors (Lipinski definition) is 2. The lowest BCUT2D eigenvalue weighted by Crippen LogP contribution is -2.39. The second kappa shape index (κ2) is 7.53. The summed E-state index contributed by atoms with van der Waals surface area (Å²) in [7, 11) is 1.84. The molecule has 0 aromatic carbocycles. The summed E-state index contributed by atoms with van der Waals surface area (Å²) in [5.41, 5.74) is 0. The zero-order chi connectivity index (χ0) is 13.5. The minimum absolute atomic E-state index is 0.816. The highest BCUT2D eigenvalue weighted by atomic mass is 32.1. The number of aliphatic imine (C=N–C) groups is 1. The van der Waals surface area contributed by atoms with Crippen LogP contribution in [0.5, 0.6) is 0 Å². The normalized spacial score (nSPS) is 24.2. The second-order valence-electron chi connectivity index (χ2n) is 5.51.